The first-order valence-electron chi connectivity index (χ1n) is 9.80. The van der Waals surface area contributed by atoms with Crippen LogP contribution in [0.2, 0.25) is 0 Å². The Kier molecular flexibility index (Phi) is 5.25. The molecule has 4 rings (SSSR count). The van der Waals surface area contributed by atoms with Gasteiger partial charge >= 0.3 is 0 Å². The zero-order chi connectivity index (χ0) is 20.3. The molecule has 29 heavy (non-hydrogen) atoms. The van der Waals surface area contributed by atoms with Gasteiger partial charge in [-0.1, -0.05) is 53.7 Å². The first-order chi connectivity index (χ1) is 14.0. The highest BCUT2D eigenvalue weighted by Gasteiger charge is 2.33. The number of nitrogens with zero attached hydrogens (tertiary/aromatic N) is 2. The number of rotatable bonds is 4. The number of guanidine groups is 1. The highest BCUT2D eigenvalue weighted by molar-refractivity contribution is 5.80. The van der Waals surface area contributed by atoms with Crippen molar-refractivity contribution in [3.8, 4) is 17.1 Å². The van der Waals surface area contributed by atoms with Crippen LogP contribution in [0.4, 0.5) is 0 Å². The lowest BCUT2D eigenvalue weighted by molar-refractivity contribution is 0.0694. The summed E-state index contributed by atoms with van der Waals surface area (Å²) < 4.78 is 11.6. The van der Waals surface area contributed by atoms with Crippen molar-refractivity contribution < 1.29 is 9.26 Å². The van der Waals surface area contributed by atoms with Crippen LogP contribution in [0.3, 0.4) is 0 Å². The van der Waals surface area contributed by atoms with Gasteiger partial charge in [0.1, 0.15) is 17.0 Å². The van der Waals surface area contributed by atoms with Gasteiger partial charge in [-0.3, -0.25) is 4.99 Å². The van der Waals surface area contributed by atoms with Crippen LogP contribution in [0, 0.1) is 0 Å². The molecule has 1 unspecified atom stereocenters. The Morgan fingerprint density at radius 2 is 1.90 bits per heavy atom. The Hall–Kier alpha value is -3.28. The maximum Gasteiger partial charge on any atom is 0.191 e. The third kappa shape index (κ3) is 4.42. The van der Waals surface area contributed by atoms with E-state index in [0.29, 0.717) is 12.5 Å². The standard InChI is InChI=1S/C23H26N4O2/c1-23(2)14-19(18-11-7-8-12-20(18)28-23)26-22(24-3)25-15-17-13-21(29-27-17)16-9-5-4-6-10-16/h4-13,19H,14-15H2,1-3H3,(H2,24,25,26). The predicted molar refractivity (Wildman–Crippen MR) is 114 cm³/mol. The Labute approximate surface area is 171 Å². The number of hydrogen-bond acceptors (Lipinski definition) is 4. The number of aliphatic imine (C=N–C) groups is 1. The second kappa shape index (κ2) is 7.99. The van der Waals surface area contributed by atoms with Crippen LogP contribution in [0.5, 0.6) is 5.75 Å². The van der Waals surface area contributed by atoms with Crippen molar-refractivity contribution in [2.45, 2.75) is 38.5 Å². The third-order valence-electron chi connectivity index (χ3n) is 4.97. The van der Waals surface area contributed by atoms with Crippen LogP contribution in [0.25, 0.3) is 11.3 Å². The summed E-state index contributed by atoms with van der Waals surface area (Å²) in [5, 5.41) is 11.0. The summed E-state index contributed by atoms with van der Waals surface area (Å²) in [6, 6.07) is 20.1. The van der Waals surface area contributed by atoms with E-state index in [1.807, 2.05) is 54.6 Å². The normalized spacial score (nSPS) is 17.9. The van der Waals surface area contributed by atoms with E-state index in [9.17, 15) is 0 Å². The minimum Gasteiger partial charge on any atom is -0.487 e. The highest BCUT2D eigenvalue weighted by Crippen LogP contribution is 2.39. The number of para-hydroxylation sites is 1. The van der Waals surface area contributed by atoms with E-state index in [1.165, 1.54) is 0 Å². The molecule has 0 spiro atoms. The van der Waals surface area contributed by atoms with Gasteiger partial charge in [-0.25, -0.2) is 0 Å². The molecular formula is C23H26N4O2. The molecule has 1 atom stereocenters. The molecule has 150 valence electrons. The highest BCUT2D eigenvalue weighted by atomic mass is 16.5. The van der Waals surface area contributed by atoms with Gasteiger partial charge in [-0.15, -0.1) is 0 Å². The van der Waals surface area contributed by atoms with E-state index >= 15 is 0 Å². The van der Waals surface area contributed by atoms with Gasteiger partial charge in [0, 0.05) is 30.7 Å². The quantitative estimate of drug-likeness (QED) is 0.513. The average molecular weight is 390 g/mol. The lowest BCUT2D eigenvalue weighted by Gasteiger charge is -2.38. The molecule has 6 heteroatoms. The Balaban J connectivity index is 1.43. The number of hydrogen-bond donors (Lipinski definition) is 2. The van der Waals surface area contributed by atoms with Crippen molar-refractivity contribution >= 4 is 5.96 Å². The number of ether oxygens (including phenoxy) is 1. The van der Waals surface area contributed by atoms with Crippen LogP contribution >= 0.6 is 0 Å². The molecule has 1 aliphatic heterocycles. The first-order valence-corrected chi connectivity index (χ1v) is 9.80. The van der Waals surface area contributed by atoms with E-state index < -0.39 is 0 Å². The lowest BCUT2D eigenvalue weighted by atomic mass is 9.90. The lowest BCUT2D eigenvalue weighted by Crippen LogP contribution is -2.45. The third-order valence-corrected chi connectivity index (χ3v) is 4.97. The minimum absolute atomic E-state index is 0.110. The van der Waals surface area contributed by atoms with Gasteiger partial charge in [0.2, 0.25) is 0 Å². The molecule has 0 fully saturated rings. The summed E-state index contributed by atoms with van der Waals surface area (Å²) in [6.45, 7) is 4.73. The largest absolute Gasteiger partial charge is 0.487 e. The molecule has 0 radical (unpaired) electrons. The van der Waals surface area contributed by atoms with Crippen LogP contribution in [-0.4, -0.2) is 23.8 Å². The monoisotopic (exact) mass is 390 g/mol. The van der Waals surface area contributed by atoms with Crippen molar-refractivity contribution in [3.05, 3.63) is 71.9 Å². The zero-order valence-electron chi connectivity index (χ0n) is 17.0. The minimum atomic E-state index is -0.248. The Morgan fingerprint density at radius 3 is 2.69 bits per heavy atom. The average Bonchev–Trinajstić information content (AvgIpc) is 3.20. The van der Waals surface area contributed by atoms with E-state index in [4.69, 9.17) is 9.26 Å². The molecule has 0 bridgehead atoms. The predicted octanol–water partition coefficient (Wildman–Crippen LogP) is 4.31. The van der Waals surface area contributed by atoms with Gasteiger partial charge < -0.3 is 19.9 Å². The van der Waals surface area contributed by atoms with Gasteiger partial charge in [-0.2, -0.15) is 0 Å². The maximum atomic E-state index is 6.12. The van der Waals surface area contributed by atoms with Gasteiger partial charge in [0.25, 0.3) is 0 Å². The topological polar surface area (TPSA) is 71.7 Å². The summed E-state index contributed by atoms with van der Waals surface area (Å²) in [5.74, 6) is 2.39. The van der Waals surface area contributed by atoms with Gasteiger partial charge in [0.05, 0.1) is 12.6 Å². The van der Waals surface area contributed by atoms with Crippen molar-refractivity contribution in [1.82, 2.24) is 15.8 Å². The van der Waals surface area contributed by atoms with E-state index in [2.05, 4.69) is 40.7 Å². The summed E-state index contributed by atoms with van der Waals surface area (Å²) in [6.07, 6.45) is 0.840. The molecule has 0 saturated carbocycles. The molecule has 1 aliphatic rings. The van der Waals surface area contributed by atoms with Crippen LogP contribution < -0.4 is 15.4 Å². The Morgan fingerprint density at radius 1 is 1.14 bits per heavy atom. The fraction of sp³-hybridized carbons (Fsp3) is 0.304. The Bertz CT molecular complexity index is 995. The summed E-state index contributed by atoms with van der Waals surface area (Å²) in [7, 11) is 1.77. The molecule has 1 aromatic heterocycles. The summed E-state index contributed by atoms with van der Waals surface area (Å²) in [5.41, 5.74) is 2.72. The fourth-order valence-electron chi connectivity index (χ4n) is 3.60. The molecule has 2 N–H and O–H groups in total. The maximum absolute atomic E-state index is 6.12. The van der Waals surface area contributed by atoms with E-state index in [-0.39, 0.29) is 11.6 Å². The fourth-order valence-corrected chi connectivity index (χ4v) is 3.60. The molecular weight excluding hydrogens is 364 g/mol. The summed E-state index contributed by atoms with van der Waals surface area (Å²) in [4.78, 5) is 4.38. The molecule has 6 nitrogen and oxygen atoms in total. The van der Waals surface area contributed by atoms with E-state index in [0.717, 1.165) is 34.8 Å². The molecule has 3 aromatic rings. The second-order valence-corrected chi connectivity index (χ2v) is 7.77. The second-order valence-electron chi connectivity index (χ2n) is 7.77. The molecule has 2 heterocycles. The van der Waals surface area contributed by atoms with Crippen LogP contribution in [0.15, 0.2) is 70.2 Å². The van der Waals surface area contributed by atoms with Crippen molar-refractivity contribution in [3.63, 3.8) is 0 Å². The first kappa shape index (κ1) is 19.1. The molecule has 2 aromatic carbocycles. The van der Waals surface area contributed by atoms with Gasteiger partial charge in [0.15, 0.2) is 11.7 Å². The van der Waals surface area contributed by atoms with Gasteiger partial charge in [-0.05, 0) is 19.9 Å². The summed E-state index contributed by atoms with van der Waals surface area (Å²) >= 11 is 0. The van der Waals surface area contributed by atoms with Crippen molar-refractivity contribution in [1.29, 1.82) is 0 Å². The van der Waals surface area contributed by atoms with Crippen molar-refractivity contribution in [2.75, 3.05) is 7.05 Å². The number of benzene rings is 2. The van der Waals surface area contributed by atoms with Crippen molar-refractivity contribution in [2.24, 2.45) is 4.99 Å². The number of aromatic nitrogens is 1. The molecule has 0 amide bonds. The number of fused-ring (bicyclic) bond motifs is 1. The van der Waals surface area contributed by atoms with Crippen LogP contribution in [-0.2, 0) is 6.54 Å². The van der Waals surface area contributed by atoms with Crippen LogP contribution in [0.1, 0.15) is 37.6 Å². The number of nitrogens with one attached hydrogen (secondary N) is 2. The molecule has 0 aliphatic carbocycles. The smallest absolute Gasteiger partial charge is 0.191 e. The SMILES string of the molecule is CN=C(NCc1cc(-c2ccccc2)on1)NC1CC(C)(C)Oc2ccccc21. The zero-order valence-corrected chi connectivity index (χ0v) is 17.0. The van der Waals surface area contributed by atoms with E-state index in [1.54, 1.807) is 7.05 Å². The molecule has 0 saturated heterocycles.